The van der Waals surface area contributed by atoms with Gasteiger partial charge in [-0.05, 0) is 18.2 Å². The van der Waals surface area contributed by atoms with Gasteiger partial charge >= 0.3 is 0 Å². The maximum absolute atomic E-state index is 13.0. The molecule has 1 aromatic carbocycles. The van der Waals surface area contributed by atoms with E-state index >= 15 is 0 Å². The number of hydrogen-bond acceptors (Lipinski definition) is 7. The van der Waals surface area contributed by atoms with Gasteiger partial charge in [0.15, 0.2) is 11.5 Å². The highest BCUT2D eigenvalue weighted by molar-refractivity contribution is 8.03. The van der Waals surface area contributed by atoms with E-state index in [1.165, 1.54) is 11.8 Å². The lowest BCUT2D eigenvalue weighted by molar-refractivity contribution is -0.132. The Labute approximate surface area is 173 Å². The molecule has 2 aromatic rings. The van der Waals surface area contributed by atoms with E-state index in [1.807, 2.05) is 24.3 Å². The molecule has 7 nitrogen and oxygen atoms in total. The predicted molar refractivity (Wildman–Crippen MR) is 108 cm³/mol. The molecular formula is C21H21N3O4S. The van der Waals surface area contributed by atoms with Crippen molar-refractivity contribution in [1.29, 1.82) is 5.26 Å². The number of amides is 1. The van der Waals surface area contributed by atoms with Gasteiger partial charge in [-0.1, -0.05) is 23.9 Å². The molecule has 1 fully saturated rings. The van der Waals surface area contributed by atoms with E-state index in [-0.39, 0.29) is 18.2 Å². The van der Waals surface area contributed by atoms with Gasteiger partial charge in [0.25, 0.3) is 0 Å². The van der Waals surface area contributed by atoms with Crippen LogP contribution in [0.15, 0.2) is 51.6 Å². The summed E-state index contributed by atoms with van der Waals surface area (Å²) in [7, 11) is 3.14. The quantitative estimate of drug-likeness (QED) is 0.745. The van der Waals surface area contributed by atoms with Crippen LogP contribution < -0.4 is 9.47 Å². The molecule has 2 aliphatic rings. The molecule has 0 unspecified atom stereocenters. The molecule has 3 heterocycles. The maximum Gasteiger partial charge on any atom is 0.229 e. The van der Waals surface area contributed by atoms with Crippen LogP contribution in [0.4, 0.5) is 0 Å². The SMILES string of the molecule is COc1cccc([C@@H]2CC(=O)N3CN(Cc4ccco4)CSC3=C2C#N)c1OC. The smallest absolute Gasteiger partial charge is 0.229 e. The Morgan fingerprint density at radius 3 is 2.83 bits per heavy atom. The molecule has 8 heteroatoms. The van der Waals surface area contributed by atoms with Crippen molar-refractivity contribution in [2.45, 2.75) is 18.9 Å². The van der Waals surface area contributed by atoms with Crippen LogP contribution in [0.25, 0.3) is 0 Å². The number of allylic oxidation sites excluding steroid dienone is 1. The standard InChI is InChI=1S/C21H21N3O4S/c1-26-18-7-3-6-15(20(18)27-2)16-9-19(25)24-12-23(11-14-5-4-8-28-14)13-29-21(24)17(16)10-22/h3-8,16H,9,11-13H2,1-2H3/t16-/m0/s1. The average Bonchev–Trinajstić information content (AvgIpc) is 3.26. The highest BCUT2D eigenvalue weighted by Gasteiger charge is 2.39. The fraction of sp³-hybridized carbons (Fsp3) is 0.333. The number of hydrogen-bond donors (Lipinski definition) is 0. The number of nitriles is 1. The number of carbonyl (C=O) groups excluding carboxylic acids is 1. The van der Waals surface area contributed by atoms with Crippen molar-refractivity contribution in [3.63, 3.8) is 0 Å². The number of methoxy groups -OCH3 is 2. The molecular weight excluding hydrogens is 390 g/mol. The summed E-state index contributed by atoms with van der Waals surface area (Å²) in [5.74, 6) is 2.31. The van der Waals surface area contributed by atoms with Gasteiger partial charge in [0.2, 0.25) is 5.91 Å². The van der Waals surface area contributed by atoms with E-state index in [1.54, 1.807) is 31.4 Å². The number of benzene rings is 1. The Morgan fingerprint density at radius 1 is 1.28 bits per heavy atom. The Morgan fingerprint density at radius 2 is 2.14 bits per heavy atom. The molecule has 1 saturated heterocycles. The first kappa shape index (κ1) is 19.4. The number of thioether (sulfide) groups is 1. The first-order valence-corrected chi connectivity index (χ1v) is 10.2. The normalized spacial score (nSPS) is 19.7. The van der Waals surface area contributed by atoms with Gasteiger partial charge in [-0.3, -0.25) is 14.6 Å². The van der Waals surface area contributed by atoms with E-state index in [2.05, 4.69) is 11.0 Å². The van der Waals surface area contributed by atoms with E-state index in [0.29, 0.717) is 36.2 Å². The Balaban J connectivity index is 1.66. The van der Waals surface area contributed by atoms with Crippen LogP contribution in [-0.2, 0) is 11.3 Å². The van der Waals surface area contributed by atoms with E-state index in [9.17, 15) is 10.1 Å². The summed E-state index contributed by atoms with van der Waals surface area (Å²) < 4.78 is 16.4. The third-order valence-corrected chi connectivity index (χ3v) is 6.33. The Kier molecular flexibility index (Phi) is 5.51. The minimum absolute atomic E-state index is 0.00878. The zero-order valence-corrected chi connectivity index (χ0v) is 17.1. The van der Waals surface area contributed by atoms with Crippen molar-refractivity contribution in [3.05, 3.63) is 58.5 Å². The van der Waals surface area contributed by atoms with Crippen molar-refractivity contribution >= 4 is 17.7 Å². The topological polar surface area (TPSA) is 78.9 Å². The highest BCUT2D eigenvalue weighted by Crippen LogP contribution is 2.46. The van der Waals surface area contributed by atoms with Crippen molar-refractivity contribution in [1.82, 2.24) is 9.80 Å². The third-order valence-electron chi connectivity index (χ3n) is 5.12. The lowest BCUT2D eigenvalue weighted by atomic mass is 9.85. The van der Waals surface area contributed by atoms with Gasteiger partial charge in [0.1, 0.15) is 5.76 Å². The molecule has 4 rings (SSSR count). The van der Waals surface area contributed by atoms with E-state index < -0.39 is 0 Å². The number of rotatable bonds is 5. The third kappa shape index (κ3) is 3.59. The van der Waals surface area contributed by atoms with Gasteiger partial charge in [-0.2, -0.15) is 5.26 Å². The summed E-state index contributed by atoms with van der Waals surface area (Å²) in [5.41, 5.74) is 1.39. The summed E-state index contributed by atoms with van der Waals surface area (Å²) >= 11 is 1.51. The molecule has 0 aliphatic carbocycles. The van der Waals surface area contributed by atoms with Crippen LogP contribution >= 0.6 is 11.8 Å². The van der Waals surface area contributed by atoms with Crippen LogP contribution in [0, 0.1) is 11.3 Å². The molecule has 0 spiro atoms. The molecule has 1 aromatic heterocycles. The van der Waals surface area contributed by atoms with E-state index in [4.69, 9.17) is 13.9 Å². The monoisotopic (exact) mass is 411 g/mol. The summed E-state index contributed by atoms with van der Waals surface area (Å²) in [6.45, 7) is 1.06. The van der Waals surface area contributed by atoms with E-state index in [0.717, 1.165) is 16.4 Å². The fourth-order valence-corrected chi connectivity index (χ4v) is 4.92. The van der Waals surface area contributed by atoms with Crippen molar-refractivity contribution < 1.29 is 18.7 Å². The van der Waals surface area contributed by atoms with Gasteiger partial charge < -0.3 is 13.9 Å². The predicted octanol–water partition coefficient (Wildman–Crippen LogP) is 3.51. The van der Waals surface area contributed by atoms with Gasteiger partial charge in [-0.25, -0.2) is 0 Å². The minimum Gasteiger partial charge on any atom is -0.493 e. The number of nitrogens with zero attached hydrogens (tertiary/aromatic N) is 3. The summed E-state index contributed by atoms with van der Waals surface area (Å²) in [6.07, 6.45) is 1.86. The largest absolute Gasteiger partial charge is 0.493 e. The zero-order valence-electron chi connectivity index (χ0n) is 16.3. The number of fused-ring (bicyclic) bond motifs is 1. The second kappa shape index (κ2) is 8.23. The number of para-hydroxylation sites is 1. The molecule has 29 heavy (non-hydrogen) atoms. The van der Waals surface area contributed by atoms with Crippen LogP contribution in [0.1, 0.15) is 23.7 Å². The first-order chi connectivity index (χ1) is 14.2. The second-order valence-corrected chi connectivity index (χ2v) is 7.75. The highest BCUT2D eigenvalue weighted by atomic mass is 32.2. The van der Waals surface area contributed by atoms with Crippen molar-refractivity contribution in [2.24, 2.45) is 0 Å². The Bertz CT molecular complexity index is 980. The molecule has 2 aliphatic heterocycles. The van der Waals surface area contributed by atoms with Crippen molar-refractivity contribution in [2.75, 3.05) is 26.8 Å². The summed E-state index contributed by atoms with van der Waals surface area (Å²) in [5, 5.41) is 10.7. The van der Waals surface area contributed by atoms with Gasteiger partial charge in [0, 0.05) is 17.9 Å². The lowest BCUT2D eigenvalue weighted by Crippen LogP contribution is -2.46. The zero-order chi connectivity index (χ0) is 20.4. The molecule has 0 radical (unpaired) electrons. The number of ether oxygens (including phenoxy) is 2. The van der Waals surface area contributed by atoms with Crippen LogP contribution in [0.5, 0.6) is 11.5 Å². The number of carbonyl (C=O) groups is 1. The van der Waals surface area contributed by atoms with Crippen LogP contribution in [0.3, 0.4) is 0 Å². The van der Waals surface area contributed by atoms with Gasteiger partial charge in [0.05, 0.1) is 56.2 Å². The molecule has 0 N–H and O–H groups in total. The average molecular weight is 411 g/mol. The minimum atomic E-state index is -0.354. The molecule has 0 saturated carbocycles. The molecule has 150 valence electrons. The van der Waals surface area contributed by atoms with Crippen molar-refractivity contribution in [3.8, 4) is 17.6 Å². The van der Waals surface area contributed by atoms with Crippen LogP contribution in [0.2, 0.25) is 0 Å². The lowest BCUT2D eigenvalue weighted by Gasteiger charge is -2.41. The molecule has 1 atom stereocenters. The first-order valence-electron chi connectivity index (χ1n) is 9.19. The number of furan rings is 1. The summed E-state index contributed by atoms with van der Waals surface area (Å²) in [6, 6.07) is 11.7. The fourth-order valence-electron chi connectivity index (χ4n) is 3.78. The maximum atomic E-state index is 13.0. The Hall–Kier alpha value is -2.89. The second-order valence-electron chi connectivity index (χ2n) is 6.82. The molecule has 0 bridgehead atoms. The summed E-state index contributed by atoms with van der Waals surface area (Å²) in [4.78, 5) is 16.8. The molecule has 1 amide bonds. The van der Waals surface area contributed by atoms with Gasteiger partial charge in [-0.15, -0.1) is 0 Å². The van der Waals surface area contributed by atoms with Crippen LogP contribution in [-0.4, -0.2) is 42.5 Å².